The van der Waals surface area contributed by atoms with Crippen LogP contribution < -0.4 is 11.4 Å². The van der Waals surface area contributed by atoms with Crippen LogP contribution in [0.25, 0.3) is 0 Å². The van der Waals surface area contributed by atoms with Gasteiger partial charge in [0.2, 0.25) is 0 Å². The van der Waals surface area contributed by atoms with Gasteiger partial charge in [0, 0.05) is 18.2 Å². The molecule has 0 aliphatic carbocycles. The highest BCUT2D eigenvalue weighted by molar-refractivity contribution is 7.47. The van der Waals surface area contributed by atoms with Gasteiger partial charge in [-0.15, -0.1) is 0 Å². The molecular weight excluding hydrogens is 385 g/mol. The molecular formula is C18H32N3O6P. The van der Waals surface area contributed by atoms with Gasteiger partial charge in [0.1, 0.15) is 12.0 Å². The van der Waals surface area contributed by atoms with Gasteiger partial charge in [0.15, 0.2) is 0 Å². The average Bonchev–Trinajstić information content (AvgIpc) is 2.79. The molecule has 1 aromatic rings. The Bertz CT molecular complexity index is 811. The molecule has 1 saturated heterocycles. The molecule has 160 valence electrons. The van der Waals surface area contributed by atoms with Gasteiger partial charge in [-0.3, -0.25) is 13.6 Å². The summed E-state index contributed by atoms with van der Waals surface area (Å²) in [5.41, 5.74) is 4.82. The number of phosphoric acid groups is 1. The summed E-state index contributed by atoms with van der Waals surface area (Å²) in [6, 6.07) is 0. The predicted molar refractivity (Wildman–Crippen MR) is 106 cm³/mol. The van der Waals surface area contributed by atoms with Gasteiger partial charge in [-0.05, 0) is 39.5 Å². The number of ether oxygens (including phenoxy) is 1. The smallest absolute Gasteiger partial charge is 0.383 e. The number of aryl methyl sites for hydroxylation is 1. The summed E-state index contributed by atoms with van der Waals surface area (Å²) in [5, 5.41) is 0. The van der Waals surface area contributed by atoms with Crippen LogP contribution in [0.5, 0.6) is 0 Å². The maximum absolute atomic E-state index is 12.5. The Morgan fingerprint density at radius 1 is 1.36 bits per heavy atom. The van der Waals surface area contributed by atoms with Crippen LogP contribution in [0.3, 0.4) is 0 Å². The Balaban J connectivity index is 2.29. The molecule has 0 spiro atoms. The third kappa shape index (κ3) is 6.39. The van der Waals surface area contributed by atoms with Crippen molar-refractivity contribution >= 4 is 13.6 Å². The molecule has 0 amide bonds. The van der Waals surface area contributed by atoms with E-state index in [0.717, 1.165) is 0 Å². The molecule has 0 saturated carbocycles. The van der Waals surface area contributed by atoms with Gasteiger partial charge in [-0.1, -0.05) is 20.8 Å². The standard InChI is InChI=1S/C18H32N3O6P/c1-11-10-21(16(22)20-15(11)19)14-8-12(13(25-14)9-17(2,3)4)26-28(23,24)27-18(5,6)7/h10,12-14H,8-9H2,1-7H3,(H,23,24)(H2,19,20,22)/t12?,13-,14-/m1/s1. The lowest BCUT2D eigenvalue weighted by Gasteiger charge is -2.29. The first-order chi connectivity index (χ1) is 12.6. The van der Waals surface area contributed by atoms with Crippen molar-refractivity contribution in [1.82, 2.24) is 9.55 Å². The van der Waals surface area contributed by atoms with E-state index in [1.54, 1.807) is 33.9 Å². The number of nitrogens with zero attached hydrogens (tertiary/aromatic N) is 2. The van der Waals surface area contributed by atoms with Crippen molar-refractivity contribution in [2.75, 3.05) is 5.73 Å². The van der Waals surface area contributed by atoms with E-state index in [9.17, 15) is 14.3 Å². The third-order valence-corrected chi connectivity index (χ3v) is 5.45. The minimum atomic E-state index is -4.32. The van der Waals surface area contributed by atoms with Crippen LogP contribution in [0.15, 0.2) is 11.0 Å². The predicted octanol–water partition coefficient (Wildman–Crippen LogP) is 3.16. The molecule has 10 heteroatoms. The quantitative estimate of drug-likeness (QED) is 0.700. The van der Waals surface area contributed by atoms with Gasteiger partial charge >= 0.3 is 13.5 Å². The number of hydrogen-bond donors (Lipinski definition) is 2. The maximum Gasteiger partial charge on any atom is 0.473 e. The van der Waals surface area contributed by atoms with E-state index < -0.39 is 37.5 Å². The van der Waals surface area contributed by atoms with Crippen molar-refractivity contribution in [3.63, 3.8) is 0 Å². The number of phosphoric ester groups is 1. The minimum Gasteiger partial charge on any atom is -0.383 e. The van der Waals surface area contributed by atoms with E-state index in [1.807, 2.05) is 20.8 Å². The number of aromatic nitrogens is 2. The first kappa shape index (κ1) is 23.0. The zero-order chi connectivity index (χ0) is 21.5. The highest BCUT2D eigenvalue weighted by Gasteiger charge is 2.44. The van der Waals surface area contributed by atoms with Crippen molar-refractivity contribution < 1.29 is 23.2 Å². The van der Waals surface area contributed by atoms with Crippen LogP contribution in [0, 0.1) is 12.3 Å². The van der Waals surface area contributed by atoms with Crippen molar-refractivity contribution in [3.8, 4) is 0 Å². The Kier molecular flexibility index (Phi) is 6.48. The second-order valence-electron chi connectivity index (χ2n) is 9.44. The Morgan fingerprint density at radius 3 is 2.50 bits per heavy atom. The van der Waals surface area contributed by atoms with Gasteiger partial charge in [-0.25, -0.2) is 9.36 Å². The van der Waals surface area contributed by atoms with Crippen molar-refractivity contribution in [2.45, 2.75) is 85.3 Å². The molecule has 2 heterocycles. The largest absolute Gasteiger partial charge is 0.473 e. The molecule has 9 nitrogen and oxygen atoms in total. The van der Waals surface area contributed by atoms with Crippen LogP contribution in [0.2, 0.25) is 0 Å². The lowest BCUT2D eigenvalue weighted by molar-refractivity contribution is -0.0426. The summed E-state index contributed by atoms with van der Waals surface area (Å²) in [5.74, 6) is 0.164. The van der Waals surface area contributed by atoms with Crippen LogP contribution >= 0.6 is 7.82 Å². The molecule has 1 aliphatic heterocycles. The molecule has 4 atom stereocenters. The minimum absolute atomic E-state index is 0.119. The molecule has 1 aromatic heterocycles. The number of nitrogen functional groups attached to an aromatic ring is 1. The first-order valence-corrected chi connectivity index (χ1v) is 10.8. The van der Waals surface area contributed by atoms with E-state index in [4.69, 9.17) is 19.5 Å². The second kappa shape index (κ2) is 7.88. The fourth-order valence-electron chi connectivity index (χ4n) is 3.09. The Hall–Kier alpha value is -1.25. The summed E-state index contributed by atoms with van der Waals surface area (Å²) in [7, 11) is -4.32. The zero-order valence-corrected chi connectivity index (χ0v) is 18.5. The fourth-order valence-corrected chi connectivity index (χ4v) is 4.39. The molecule has 28 heavy (non-hydrogen) atoms. The average molecular weight is 417 g/mol. The molecule has 0 aromatic carbocycles. The van der Waals surface area contributed by atoms with Gasteiger partial charge in [-0.2, -0.15) is 4.98 Å². The first-order valence-electron chi connectivity index (χ1n) is 9.29. The second-order valence-corrected chi connectivity index (χ2v) is 10.8. The summed E-state index contributed by atoms with van der Waals surface area (Å²) in [6.45, 7) is 12.9. The number of hydrogen-bond acceptors (Lipinski definition) is 7. The van der Waals surface area contributed by atoms with Gasteiger partial charge < -0.3 is 15.4 Å². The van der Waals surface area contributed by atoms with Crippen molar-refractivity contribution in [3.05, 3.63) is 22.2 Å². The van der Waals surface area contributed by atoms with Crippen LogP contribution in [-0.4, -0.2) is 32.3 Å². The molecule has 3 N–H and O–H groups in total. The Morgan fingerprint density at radius 2 is 1.96 bits per heavy atom. The zero-order valence-electron chi connectivity index (χ0n) is 17.6. The van der Waals surface area contributed by atoms with Crippen LogP contribution in [0.1, 0.15) is 66.2 Å². The van der Waals surface area contributed by atoms with Gasteiger partial charge in [0.25, 0.3) is 0 Å². The van der Waals surface area contributed by atoms with Crippen molar-refractivity contribution in [1.29, 1.82) is 0 Å². The molecule has 0 radical (unpaired) electrons. The normalized spacial score (nSPS) is 25.6. The molecule has 2 unspecified atom stereocenters. The summed E-state index contributed by atoms with van der Waals surface area (Å²) < 4.78 is 30.5. The number of anilines is 1. The van der Waals surface area contributed by atoms with Gasteiger partial charge in [0.05, 0.1) is 17.8 Å². The maximum atomic E-state index is 12.5. The van der Waals surface area contributed by atoms with E-state index in [0.29, 0.717) is 12.0 Å². The van der Waals surface area contributed by atoms with E-state index in [-0.39, 0.29) is 17.7 Å². The van der Waals surface area contributed by atoms with Crippen molar-refractivity contribution in [2.24, 2.45) is 5.41 Å². The van der Waals surface area contributed by atoms with E-state index in [1.165, 1.54) is 4.57 Å². The molecule has 2 rings (SSSR count). The molecule has 0 bridgehead atoms. The topological polar surface area (TPSA) is 126 Å². The number of nitrogens with two attached hydrogens (primary N) is 1. The molecule has 1 fully saturated rings. The monoisotopic (exact) mass is 417 g/mol. The Labute approximate surface area is 165 Å². The lowest BCUT2D eigenvalue weighted by atomic mass is 9.87. The SMILES string of the molecule is Cc1cn([C@H]2CC(OP(=O)(O)OC(C)(C)C)[C@@H](CC(C)(C)C)O2)c(=O)nc1N. The van der Waals surface area contributed by atoms with Crippen LogP contribution in [0.4, 0.5) is 5.82 Å². The summed E-state index contributed by atoms with van der Waals surface area (Å²) >= 11 is 0. The van der Waals surface area contributed by atoms with E-state index in [2.05, 4.69) is 4.98 Å². The highest BCUT2D eigenvalue weighted by atomic mass is 31.2. The molecule has 1 aliphatic rings. The third-order valence-electron chi connectivity index (χ3n) is 4.14. The summed E-state index contributed by atoms with van der Waals surface area (Å²) in [6.07, 6.45) is 0.483. The fraction of sp³-hybridized carbons (Fsp3) is 0.778. The van der Waals surface area contributed by atoms with Crippen LogP contribution in [-0.2, 0) is 18.3 Å². The number of rotatable bonds is 5. The highest BCUT2D eigenvalue weighted by Crippen LogP contribution is 2.51. The van der Waals surface area contributed by atoms with E-state index >= 15 is 0 Å². The lowest BCUT2D eigenvalue weighted by Crippen LogP contribution is -2.30. The summed E-state index contributed by atoms with van der Waals surface area (Å²) in [4.78, 5) is 26.3.